The zero-order valence-corrected chi connectivity index (χ0v) is 12.1. The van der Waals surface area contributed by atoms with Crippen molar-refractivity contribution >= 4 is 11.6 Å². The summed E-state index contributed by atoms with van der Waals surface area (Å²) in [6.07, 6.45) is 9.04. The van der Waals surface area contributed by atoms with Crippen molar-refractivity contribution in [2.45, 2.75) is 32.1 Å². The van der Waals surface area contributed by atoms with Gasteiger partial charge in [-0.05, 0) is 32.1 Å². The molecule has 102 valence electrons. The molecule has 1 unspecified atom stereocenters. The van der Waals surface area contributed by atoms with E-state index in [2.05, 4.69) is 6.08 Å². The van der Waals surface area contributed by atoms with Gasteiger partial charge in [0.2, 0.25) is 0 Å². The number of quaternary nitrogens is 2. The Balaban J connectivity index is 1.43. The predicted octanol–water partition coefficient (Wildman–Crippen LogP) is 0.103. The van der Waals surface area contributed by atoms with E-state index in [1.165, 1.54) is 65.0 Å². The second-order valence-electron chi connectivity index (χ2n) is 6.58. The lowest BCUT2D eigenvalue weighted by Crippen LogP contribution is -3.20. The van der Waals surface area contributed by atoms with E-state index in [1.807, 2.05) is 9.80 Å². The van der Waals surface area contributed by atoms with Crippen LogP contribution in [-0.4, -0.2) is 39.3 Å². The van der Waals surface area contributed by atoms with E-state index in [1.54, 1.807) is 0 Å². The van der Waals surface area contributed by atoms with Gasteiger partial charge in [-0.3, -0.25) is 0 Å². The Bertz CT molecular complexity index is 310. The summed E-state index contributed by atoms with van der Waals surface area (Å²) in [5.74, 6) is 1.81. The second kappa shape index (κ2) is 5.94. The van der Waals surface area contributed by atoms with Crippen LogP contribution >= 0.6 is 11.6 Å². The highest BCUT2D eigenvalue weighted by atomic mass is 35.5. The lowest BCUT2D eigenvalue weighted by Gasteiger charge is -2.24. The number of hydrogen-bond donors (Lipinski definition) is 2. The lowest BCUT2D eigenvalue weighted by molar-refractivity contribution is -0.955. The maximum absolute atomic E-state index is 6.18. The van der Waals surface area contributed by atoms with Crippen molar-refractivity contribution < 1.29 is 9.80 Å². The first-order valence-corrected chi connectivity index (χ1v) is 8.21. The largest absolute Gasteiger partial charge is 0.330 e. The van der Waals surface area contributed by atoms with Crippen molar-refractivity contribution in [3.8, 4) is 0 Å². The van der Waals surface area contributed by atoms with Crippen LogP contribution in [0.5, 0.6) is 0 Å². The highest BCUT2D eigenvalue weighted by Crippen LogP contribution is 2.31. The number of nitrogens with one attached hydrogen (secondary N) is 2. The minimum Gasteiger partial charge on any atom is -0.330 e. The molecule has 0 aromatic rings. The summed E-state index contributed by atoms with van der Waals surface area (Å²) >= 11 is 6.18. The van der Waals surface area contributed by atoms with Gasteiger partial charge in [-0.15, -0.1) is 0 Å². The fourth-order valence-electron chi connectivity index (χ4n) is 4.15. The molecule has 3 heteroatoms. The zero-order chi connectivity index (χ0) is 12.4. The molecule has 3 atom stereocenters. The van der Waals surface area contributed by atoms with Gasteiger partial charge in [-0.2, -0.15) is 0 Å². The highest BCUT2D eigenvalue weighted by molar-refractivity contribution is 6.29. The van der Waals surface area contributed by atoms with Gasteiger partial charge in [-0.1, -0.05) is 17.7 Å². The molecule has 0 aromatic heterocycles. The molecular formula is C15H27ClN2+2. The molecule has 3 rings (SSSR count). The van der Waals surface area contributed by atoms with E-state index < -0.39 is 0 Å². The summed E-state index contributed by atoms with van der Waals surface area (Å²) in [4.78, 5) is 3.71. The number of rotatable bonds is 3. The van der Waals surface area contributed by atoms with Crippen LogP contribution in [0.3, 0.4) is 0 Å². The van der Waals surface area contributed by atoms with E-state index in [0.29, 0.717) is 0 Å². The zero-order valence-electron chi connectivity index (χ0n) is 11.4. The average Bonchev–Trinajstić information content (AvgIpc) is 2.79. The molecule has 18 heavy (non-hydrogen) atoms. The summed E-state index contributed by atoms with van der Waals surface area (Å²) in [6.45, 7) is 8.41. The van der Waals surface area contributed by atoms with Crippen molar-refractivity contribution in [3.05, 3.63) is 11.1 Å². The number of halogens is 1. The Kier molecular flexibility index (Phi) is 4.27. The van der Waals surface area contributed by atoms with Crippen molar-refractivity contribution in [1.29, 1.82) is 0 Å². The van der Waals surface area contributed by atoms with Crippen molar-refractivity contribution in [2.75, 3.05) is 39.3 Å². The molecule has 2 fully saturated rings. The summed E-state index contributed by atoms with van der Waals surface area (Å²) in [5, 5.41) is 1.12. The van der Waals surface area contributed by atoms with Crippen molar-refractivity contribution in [1.82, 2.24) is 0 Å². The molecule has 1 aliphatic carbocycles. The van der Waals surface area contributed by atoms with E-state index >= 15 is 0 Å². The molecule has 0 radical (unpaired) electrons. The summed E-state index contributed by atoms with van der Waals surface area (Å²) in [7, 11) is 0. The number of likely N-dealkylation sites (tertiary alicyclic amines) is 2. The second-order valence-corrected chi connectivity index (χ2v) is 7.07. The van der Waals surface area contributed by atoms with Crippen LogP contribution in [0.2, 0.25) is 0 Å². The van der Waals surface area contributed by atoms with Crippen LogP contribution < -0.4 is 9.80 Å². The Morgan fingerprint density at radius 3 is 2.56 bits per heavy atom. The van der Waals surface area contributed by atoms with Crippen LogP contribution in [0, 0.1) is 11.8 Å². The van der Waals surface area contributed by atoms with Gasteiger partial charge in [0.15, 0.2) is 0 Å². The maximum atomic E-state index is 6.18. The normalized spacial score (nSPS) is 37.4. The van der Waals surface area contributed by atoms with E-state index in [4.69, 9.17) is 11.6 Å². The monoisotopic (exact) mass is 270 g/mol. The molecule has 0 aromatic carbocycles. The molecule has 0 amide bonds. The summed E-state index contributed by atoms with van der Waals surface area (Å²) in [6, 6.07) is 0. The molecule has 2 nitrogen and oxygen atoms in total. The molecule has 0 bridgehead atoms. The first-order chi connectivity index (χ1) is 8.81. The quantitative estimate of drug-likeness (QED) is 0.720. The molecule has 2 saturated heterocycles. The van der Waals surface area contributed by atoms with E-state index in [-0.39, 0.29) is 0 Å². The minimum absolute atomic E-state index is 0.883. The maximum Gasteiger partial charge on any atom is 0.127 e. The van der Waals surface area contributed by atoms with Crippen LogP contribution in [0.15, 0.2) is 11.1 Å². The SMILES string of the molecule is ClC1=CC[C@@H]2C[NH+](CC[NH+]3CCCCC3)C[C@@H]2C1. The first kappa shape index (κ1) is 13.0. The highest BCUT2D eigenvalue weighted by Gasteiger charge is 2.38. The van der Waals surface area contributed by atoms with Crippen molar-refractivity contribution in [3.63, 3.8) is 0 Å². The van der Waals surface area contributed by atoms with Gasteiger partial charge in [-0.25, -0.2) is 0 Å². The smallest absolute Gasteiger partial charge is 0.127 e. The Morgan fingerprint density at radius 1 is 1.00 bits per heavy atom. The van der Waals surface area contributed by atoms with Gasteiger partial charge >= 0.3 is 0 Å². The number of fused-ring (bicyclic) bond motifs is 1. The third-order valence-corrected chi connectivity index (χ3v) is 5.57. The van der Waals surface area contributed by atoms with Gasteiger partial charge < -0.3 is 9.80 Å². The van der Waals surface area contributed by atoms with Gasteiger partial charge in [0.05, 0.1) is 26.2 Å². The standard InChI is InChI=1S/C15H25ClN2/c16-15-5-4-13-11-18(12-14(13)10-15)9-8-17-6-2-1-3-7-17/h5,13-14H,1-4,6-12H2/p+2/t13-,14+/m1/s1. The number of piperidine rings is 1. The molecule has 0 saturated carbocycles. The molecule has 3 aliphatic rings. The molecular weight excluding hydrogens is 244 g/mol. The third-order valence-electron chi connectivity index (χ3n) is 5.26. The molecule has 2 aliphatic heterocycles. The third kappa shape index (κ3) is 3.09. The Labute approximate surface area is 116 Å². The average molecular weight is 271 g/mol. The topological polar surface area (TPSA) is 8.88 Å². The van der Waals surface area contributed by atoms with Gasteiger partial charge in [0.1, 0.15) is 13.1 Å². The fourth-order valence-corrected chi connectivity index (χ4v) is 4.43. The summed E-state index contributed by atoms with van der Waals surface area (Å²) in [5.41, 5.74) is 0. The fraction of sp³-hybridized carbons (Fsp3) is 0.867. The van der Waals surface area contributed by atoms with Crippen LogP contribution in [0.1, 0.15) is 32.1 Å². The van der Waals surface area contributed by atoms with Gasteiger partial charge in [0.25, 0.3) is 0 Å². The Hall–Kier alpha value is -0.0500. The lowest BCUT2D eigenvalue weighted by atomic mass is 9.86. The minimum atomic E-state index is 0.883. The van der Waals surface area contributed by atoms with Crippen LogP contribution in [0.25, 0.3) is 0 Å². The van der Waals surface area contributed by atoms with Crippen LogP contribution in [-0.2, 0) is 0 Å². The molecule has 2 heterocycles. The first-order valence-electron chi connectivity index (χ1n) is 7.83. The predicted molar refractivity (Wildman–Crippen MR) is 75.1 cm³/mol. The Morgan fingerprint density at radius 2 is 1.72 bits per heavy atom. The van der Waals surface area contributed by atoms with E-state index in [0.717, 1.165) is 23.3 Å². The molecule has 0 spiro atoms. The summed E-state index contributed by atoms with van der Waals surface area (Å²) < 4.78 is 0. The van der Waals surface area contributed by atoms with E-state index in [9.17, 15) is 0 Å². The number of allylic oxidation sites excluding steroid dienone is 2. The van der Waals surface area contributed by atoms with Crippen molar-refractivity contribution in [2.24, 2.45) is 11.8 Å². The number of hydrogen-bond acceptors (Lipinski definition) is 0. The van der Waals surface area contributed by atoms with Gasteiger partial charge in [0, 0.05) is 16.9 Å². The molecule has 2 N–H and O–H groups in total. The van der Waals surface area contributed by atoms with Crippen LogP contribution in [0.4, 0.5) is 0 Å².